The van der Waals surface area contributed by atoms with Gasteiger partial charge in [0.15, 0.2) is 0 Å². The van der Waals surface area contributed by atoms with E-state index in [9.17, 15) is 0 Å². The molecule has 1 heterocycles. The number of hydrogen-bond acceptors (Lipinski definition) is 0. The molecular weight excluding hydrogens is 182 g/mol. The highest BCUT2D eigenvalue weighted by Gasteiger charge is 2.13. The SMILES string of the molecule is CCc1ccc(C[NH+]2CCCCC2)cc1. The van der Waals surface area contributed by atoms with Crippen LogP contribution >= 0.6 is 0 Å². The van der Waals surface area contributed by atoms with E-state index in [1.807, 2.05) is 0 Å². The number of aryl methyl sites for hydroxylation is 1. The minimum absolute atomic E-state index is 1.15. The summed E-state index contributed by atoms with van der Waals surface area (Å²) in [7, 11) is 0. The van der Waals surface area contributed by atoms with Gasteiger partial charge in [-0.15, -0.1) is 0 Å². The van der Waals surface area contributed by atoms with Crippen molar-refractivity contribution in [2.45, 2.75) is 39.2 Å². The third-order valence-corrected chi connectivity index (χ3v) is 3.45. The van der Waals surface area contributed by atoms with Crippen LogP contribution in [0.1, 0.15) is 37.3 Å². The van der Waals surface area contributed by atoms with E-state index in [0.717, 1.165) is 6.42 Å². The summed E-state index contributed by atoms with van der Waals surface area (Å²) in [6, 6.07) is 9.16. The van der Waals surface area contributed by atoms with Crippen LogP contribution in [0.4, 0.5) is 0 Å². The smallest absolute Gasteiger partial charge is 0.103 e. The fourth-order valence-corrected chi connectivity index (χ4v) is 2.41. The van der Waals surface area contributed by atoms with Gasteiger partial charge < -0.3 is 4.90 Å². The molecule has 0 unspecified atom stereocenters. The first-order chi connectivity index (χ1) is 7.38. The van der Waals surface area contributed by atoms with Gasteiger partial charge in [-0.25, -0.2) is 0 Å². The number of hydrogen-bond donors (Lipinski definition) is 1. The van der Waals surface area contributed by atoms with Gasteiger partial charge in [0.05, 0.1) is 13.1 Å². The zero-order valence-electron chi connectivity index (χ0n) is 9.76. The van der Waals surface area contributed by atoms with Crippen LogP contribution in [0.5, 0.6) is 0 Å². The molecule has 1 aliphatic rings. The third kappa shape index (κ3) is 3.07. The summed E-state index contributed by atoms with van der Waals surface area (Å²) in [4.78, 5) is 1.77. The Balaban J connectivity index is 1.91. The van der Waals surface area contributed by atoms with Gasteiger partial charge in [0.2, 0.25) is 0 Å². The molecule has 0 aliphatic carbocycles. The van der Waals surface area contributed by atoms with E-state index in [0.29, 0.717) is 0 Å². The third-order valence-electron chi connectivity index (χ3n) is 3.45. The Morgan fingerprint density at radius 1 is 0.933 bits per heavy atom. The fourth-order valence-electron chi connectivity index (χ4n) is 2.41. The van der Waals surface area contributed by atoms with E-state index in [4.69, 9.17) is 0 Å². The maximum atomic E-state index is 2.31. The topological polar surface area (TPSA) is 4.44 Å². The van der Waals surface area contributed by atoms with E-state index >= 15 is 0 Å². The molecule has 1 N–H and O–H groups in total. The molecule has 1 aromatic carbocycles. The van der Waals surface area contributed by atoms with E-state index in [2.05, 4.69) is 31.2 Å². The Morgan fingerprint density at radius 3 is 2.13 bits per heavy atom. The summed E-state index contributed by atoms with van der Waals surface area (Å²) >= 11 is 0. The largest absolute Gasteiger partial charge is 0.331 e. The molecular formula is C14H22N+. The van der Waals surface area contributed by atoms with E-state index in [1.165, 1.54) is 50.0 Å². The highest BCUT2D eigenvalue weighted by Crippen LogP contribution is 2.04. The number of quaternary nitrogens is 1. The summed E-state index contributed by atoms with van der Waals surface area (Å²) in [6.07, 6.45) is 5.43. The molecule has 0 radical (unpaired) electrons. The summed E-state index contributed by atoms with van der Waals surface area (Å²) in [6.45, 7) is 6.18. The number of rotatable bonds is 3. The molecule has 0 spiro atoms. The lowest BCUT2D eigenvalue weighted by molar-refractivity contribution is -0.918. The van der Waals surface area contributed by atoms with Gasteiger partial charge in [0.1, 0.15) is 6.54 Å². The van der Waals surface area contributed by atoms with Crippen LogP contribution < -0.4 is 4.90 Å². The fraction of sp³-hybridized carbons (Fsp3) is 0.571. The molecule has 1 nitrogen and oxygen atoms in total. The van der Waals surface area contributed by atoms with Gasteiger partial charge in [0, 0.05) is 5.56 Å². The van der Waals surface area contributed by atoms with Crippen molar-refractivity contribution in [2.75, 3.05) is 13.1 Å². The van der Waals surface area contributed by atoms with Crippen molar-refractivity contribution in [1.82, 2.24) is 0 Å². The molecule has 0 atom stereocenters. The molecule has 1 aromatic rings. The molecule has 15 heavy (non-hydrogen) atoms. The Labute approximate surface area is 93.1 Å². The molecule has 0 bridgehead atoms. The number of benzene rings is 1. The maximum Gasteiger partial charge on any atom is 0.103 e. The number of piperidine rings is 1. The van der Waals surface area contributed by atoms with Gasteiger partial charge in [0.25, 0.3) is 0 Å². The molecule has 1 saturated heterocycles. The predicted molar refractivity (Wildman–Crippen MR) is 64.1 cm³/mol. The van der Waals surface area contributed by atoms with Crippen LogP contribution in [0.3, 0.4) is 0 Å². The Hall–Kier alpha value is -0.820. The van der Waals surface area contributed by atoms with Crippen molar-refractivity contribution < 1.29 is 4.90 Å². The molecule has 0 saturated carbocycles. The first-order valence-electron chi connectivity index (χ1n) is 6.30. The minimum atomic E-state index is 1.15. The standard InChI is InChI=1S/C14H21N/c1-2-13-6-8-14(9-7-13)12-15-10-4-3-5-11-15/h6-9H,2-5,10-12H2,1H3/p+1. The predicted octanol–water partition coefficient (Wildman–Crippen LogP) is 1.82. The Morgan fingerprint density at radius 2 is 1.53 bits per heavy atom. The monoisotopic (exact) mass is 204 g/mol. The summed E-state index contributed by atoms with van der Waals surface area (Å²) in [5.74, 6) is 0. The van der Waals surface area contributed by atoms with Crippen molar-refractivity contribution >= 4 is 0 Å². The van der Waals surface area contributed by atoms with Crippen LogP contribution in [0, 0.1) is 0 Å². The molecule has 1 heteroatoms. The van der Waals surface area contributed by atoms with E-state index in [-0.39, 0.29) is 0 Å². The van der Waals surface area contributed by atoms with Gasteiger partial charge in [-0.1, -0.05) is 31.2 Å². The van der Waals surface area contributed by atoms with Gasteiger partial charge in [-0.2, -0.15) is 0 Å². The lowest BCUT2D eigenvalue weighted by Crippen LogP contribution is -3.11. The molecule has 1 fully saturated rings. The van der Waals surface area contributed by atoms with Crippen molar-refractivity contribution in [3.63, 3.8) is 0 Å². The zero-order valence-corrected chi connectivity index (χ0v) is 9.76. The average molecular weight is 204 g/mol. The molecule has 0 amide bonds. The first kappa shape index (κ1) is 10.7. The van der Waals surface area contributed by atoms with Crippen LogP contribution in [-0.2, 0) is 13.0 Å². The average Bonchev–Trinajstić information content (AvgIpc) is 2.31. The first-order valence-corrected chi connectivity index (χ1v) is 6.30. The van der Waals surface area contributed by atoms with Crippen LogP contribution in [-0.4, -0.2) is 13.1 Å². The zero-order chi connectivity index (χ0) is 10.5. The normalized spacial score (nSPS) is 17.9. The van der Waals surface area contributed by atoms with Gasteiger partial charge in [-0.3, -0.25) is 0 Å². The van der Waals surface area contributed by atoms with Crippen molar-refractivity contribution in [1.29, 1.82) is 0 Å². The summed E-state index contributed by atoms with van der Waals surface area (Å²) in [5.41, 5.74) is 2.96. The van der Waals surface area contributed by atoms with Crippen LogP contribution in [0.25, 0.3) is 0 Å². The molecule has 82 valence electrons. The molecule has 2 rings (SSSR count). The second-order valence-electron chi connectivity index (χ2n) is 4.66. The van der Waals surface area contributed by atoms with Gasteiger partial charge >= 0.3 is 0 Å². The Kier molecular flexibility index (Phi) is 3.79. The summed E-state index contributed by atoms with van der Waals surface area (Å²) in [5, 5.41) is 0. The minimum Gasteiger partial charge on any atom is -0.331 e. The number of nitrogens with one attached hydrogen (secondary N) is 1. The lowest BCUT2D eigenvalue weighted by Gasteiger charge is -2.23. The molecule has 0 aromatic heterocycles. The maximum absolute atomic E-state index is 2.31. The highest BCUT2D eigenvalue weighted by atomic mass is 15.1. The van der Waals surface area contributed by atoms with Crippen molar-refractivity contribution in [2.24, 2.45) is 0 Å². The van der Waals surface area contributed by atoms with E-state index in [1.54, 1.807) is 4.90 Å². The second-order valence-corrected chi connectivity index (χ2v) is 4.66. The van der Waals surface area contributed by atoms with Crippen molar-refractivity contribution in [3.05, 3.63) is 35.4 Å². The van der Waals surface area contributed by atoms with Crippen molar-refractivity contribution in [3.8, 4) is 0 Å². The molecule has 1 aliphatic heterocycles. The Bertz CT molecular complexity index is 283. The van der Waals surface area contributed by atoms with Gasteiger partial charge in [-0.05, 0) is 31.2 Å². The van der Waals surface area contributed by atoms with Crippen LogP contribution in [0.15, 0.2) is 24.3 Å². The number of likely N-dealkylation sites (tertiary alicyclic amines) is 1. The van der Waals surface area contributed by atoms with Crippen LogP contribution in [0.2, 0.25) is 0 Å². The van der Waals surface area contributed by atoms with E-state index < -0.39 is 0 Å². The highest BCUT2D eigenvalue weighted by molar-refractivity contribution is 5.21. The second kappa shape index (κ2) is 5.32. The lowest BCUT2D eigenvalue weighted by atomic mass is 10.1. The quantitative estimate of drug-likeness (QED) is 0.766. The summed E-state index contributed by atoms with van der Waals surface area (Å²) < 4.78 is 0.